The predicted molar refractivity (Wildman–Crippen MR) is 65.9 cm³/mol. The van der Waals surface area contributed by atoms with Gasteiger partial charge in [-0.15, -0.1) is 0 Å². The summed E-state index contributed by atoms with van der Waals surface area (Å²) in [6.45, 7) is -0.0509. The number of carbonyl (C=O) groups excluding carboxylic acids is 2. The van der Waals surface area contributed by atoms with E-state index in [4.69, 9.17) is 5.73 Å². The van der Waals surface area contributed by atoms with Gasteiger partial charge in [0.2, 0.25) is 11.8 Å². The SMILES string of the molecule is CNc1ccc2c(c1)CCC(=O)N2CC(N)=O. The number of anilines is 2. The van der Waals surface area contributed by atoms with Crippen LogP contribution in [0.3, 0.4) is 0 Å². The molecule has 0 aromatic heterocycles. The van der Waals surface area contributed by atoms with Crippen LogP contribution in [0.4, 0.5) is 11.4 Å². The molecule has 0 radical (unpaired) electrons. The first-order valence-electron chi connectivity index (χ1n) is 5.51. The normalized spacial score (nSPS) is 14.4. The maximum Gasteiger partial charge on any atom is 0.237 e. The van der Waals surface area contributed by atoms with Gasteiger partial charge in [-0.3, -0.25) is 9.59 Å². The molecule has 1 aromatic rings. The molecule has 1 heterocycles. The Morgan fingerprint density at radius 1 is 1.47 bits per heavy atom. The highest BCUT2D eigenvalue weighted by Crippen LogP contribution is 2.29. The van der Waals surface area contributed by atoms with E-state index in [0.717, 1.165) is 16.9 Å². The lowest BCUT2D eigenvalue weighted by Gasteiger charge is -2.28. The minimum absolute atomic E-state index is 0.0477. The summed E-state index contributed by atoms with van der Waals surface area (Å²) in [4.78, 5) is 24.2. The number of nitrogens with one attached hydrogen (secondary N) is 1. The lowest BCUT2D eigenvalue weighted by molar-refractivity contribution is -0.122. The monoisotopic (exact) mass is 233 g/mol. The molecule has 2 amide bonds. The van der Waals surface area contributed by atoms with E-state index in [1.807, 2.05) is 25.2 Å². The third-order valence-electron chi connectivity index (χ3n) is 2.88. The summed E-state index contributed by atoms with van der Waals surface area (Å²) in [5.74, 6) is -0.544. The van der Waals surface area contributed by atoms with Crippen LogP contribution in [0.25, 0.3) is 0 Å². The number of hydrogen-bond donors (Lipinski definition) is 2. The molecule has 17 heavy (non-hydrogen) atoms. The van der Waals surface area contributed by atoms with Crippen molar-refractivity contribution in [3.63, 3.8) is 0 Å². The molecule has 3 N–H and O–H groups in total. The standard InChI is InChI=1S/C12H15N3O2/c1-14-9-3-4-10-8(6-9)2-5-12(17)15(10)7-11(13)16/h3-4,6,14H,2,5,7H2,1H3,(H2,13,16). The summed E-state index contributed by atoms with van der Waals surface area (Å²) in [5.41, 5.74) is 8.01. The maximum atomic E-state index is 11.7. The molecule has 0 fully saturated rings. The average Bonchev–Trinajstić information content (AvgIpc) is 2.32. The molecular weight excluding hydrogens is 218 g/mol. The first kappa shape index (κ1) is 11.4. The highest BCUT2D eigenvalue weighted by Gasteiger charge is 2.25. The van der Waals surface area contributed by atoms with Crippen molar-refractivity contribution in [3.8, 4) is 0 Å². The summed E-state index contributed by atoms with van der Waals surface area (Å²) in [7, 11) is 1.84. The first-order valence-corrected chi connectivity index (χ1v) is 5.51. The van der Waals surface area contributed by atoms with Crippen molar-refractivity contribution < 1.29 is 9.59 Å². The molecule has 1 aromatic carbocycles. The van der Waals surface area contributed by atoms with E-state index in [2.05, 4.69) is 5.32 Å². The molecule has 0 saturated carbocycles. The Balaban J connectivity index is 2.37. The van der Waals surface area contributed by atoms with E-state index in [-0.39, 0.29) is 12.5 Å². The minimum atomic E-state index is -0.496. The number of hydrogen-bond acceptors (Lipinski definition) is 3. The Morgan fingerprint density at radius 3 is 2.88 bits per heavy atom. The quantitative estimate of drug-likeness (QED) is 0.798. The molecule has 90 valence electrons. The van der Waals surface area contributed by atoms with Crippen molar-refractivity contribution >= 4 is 23.2 Å². The summed E-state index contributed by atoms with van der Waals surface area (Å²) < 4.78 is 0. The fraction of sp³-hybridized carbons (Fsp3) is 0.333. The number of nitrogens with zero attached hydrogens (tertiary/aromatic N) is 1. The Hall–Kier alpha value is -2.04. The van der Waals surface area contributed by atoms with E-state index in [1.54, 1.807) is 0 Å². The van der Waals surface area contributed by atoms with Crippen molar-refractivity contribution in [1.82, 2.24) is 0 Å². The van der Waals surface area contributed by atoms with Crippen LogP contribution in [0.5, 0.6) is 0 Å². The highest BCUT2D eigenvalue weighted by molar-refractivity contribution is 6.00. The van der Waals surface area contributed by atoms with E-state index < -0.39 is 5.91 Å². The second kappa shape index (κ2) is 4.45. The van der Waals surface area contributed by atoms with Crippen molar-refractivity contribution in [2.24, 2.45) is 5.73 Å². The zero-order valence-electron chi connectivity index (χ0n) is 9.69. The number of benzene rings is 1. The number of carbonyl (C=O) groups is 2. The van der Waals surface area contributed by atoms with Gasteiger partial charge in [-0.05, 0) is 30.2 Å². The Bertz CT molecular complexity index is 471. The van der Waals surface area contributed by atoms with Crippen molar-refractivity contribution in [3.05, 3.63) is 23.8 Å². The van der Waals surface area contributed by atoms with Gasteiger partial charge >= 0.3 is 0 Å². The van der Waals surface area contributed by atoms with Crippen LogP contribution in [0, 0.1) is 0 Å². The van der Waals surface area contributed by atoms with Gasteiger partial charge in [0, 0.05) is 24.8 Å². The fourth-order valence-corrected chi connectivity index (χ4v) is 2.04. The van der Waals surface area contributed by atoms with E-state index >= 15 is 0 Å². The molecule has 0 bridgehead atoms. The number of fused-ring (bicyclic) bond motifs is 1. The summed E-state index contributed by atoms with van der Waals surface area (Å²) >= 11 is 0. The number of nitrogens with two attached hydrogens (primary N) is 1. The molecule has 0 spiro atoms. The average molecular weight is 233 g/mol. The smallest absolute Gasteiger partial charge is 0.237 e. The lowest BCUT2D eigenvalue weighted by atomic mass is 10.0. The number of aryl methyl sites for hydroxylation is 1. The summed E-state index contributed by atoms with van der Waals surface area (Å²) in [6, 6.07) is 5.72. The zero-order chi connectivity index (χ0) is 12.4. The fourth-order valence-electron chi connectivity index (χ4n) is 2.04. The van der Waals surface area contributed by atoms with E-state index in [1.165, 1.54) is 4.90 Å². The Morgan fingerprint density at radius 2 is 2.24 bits per heavy atom. The molecule has 5 nitrogen and oxygen atoms in total. The van der Waals surface area contributed by atoms with Gasteiger partial charge in [0.1, 0.15) is 6.54 Å². The topological polar surface area (TPSA) is 75.4 Å². The first-order chi connectivity index (χ1) is 8.11. The van der Waals surface area contributed by atoms with Crippen LogP contribution in [0.2, 0.25) is 0 Å². The molecule has 0 saturated heterocycles. The molecular formula is C12H15N3O2. The Labute approximate surface area is 99.6 Å². The predicted octanol–water partition coefficient (Wildman–Crippen LogP) is 0.493. The van der Waals surface area contributed by atoms with Crippen LogP contribution >= 0.6 is 0 Å². The van der Waals surface area contributed by atoms with Gasteiger partial charge in [0.15, 0.2) is 0 Å². The van der Waals surface area contributed by atoms with Crippen molar-refractivity contribution in [1.29, 1.82) is 0 Å². The summed E-state index contributed by atoms with van der Waals surface area (Å²) in [5, 5.41) is 3.05. The molecule has 1 aliphatic rings. The molecule has 0 atom stereocenters. The van der Waals surface area contributed by atoms with Crippen LogP contribution in [-0.2, 0) is 16.0 Å². The second-order valence-corrected chi connectivity index (χ2v) is 4.04. The van der Waals surface area contributed by atoms with Gasteiger partial charge in [-0.25, -0.2) is 0 Å². The van der Waals surface area contributed by atoms with Gasteiger partial charge in [0.05, 0.1) is 0 Å². The van der Waals surface area contributed by atoms with Gasteiger partial charge in [0.25, 0.3) is 0 Å². The van der Waals surface area contributed by atoms with Crippen molar-refractivity contribution in [2.75, 3.05) is 23.8 Å². The van der Waals surface area contributed by atoms with Crippen LogP contribution in [-0.4, -0.2) is 25.4 Å². The molecule has 5 heteroatoms. The van der Waals surface area contributed by atoms with E-state index in [9.17, 15) is 9.59 Å². The molecule has 2 rings (SSSR count). The van der Waals surface area contributed by atoms with E-state index in [0.29, 0.717) is 12.8 Å². The Kier molecular flexibility index (Phi) is 2.99. The lowest BCUT2D eigenvalue weighted by Crippen LogP contribution is -2.41. The largest absolute Gasteiger partial charge is 0.388 e. The van der Waals surface area contributed by atoms with Gasteiger partial charge < -0.3 is 16.0 Å². The minimum Gasteiger partial charge on any atom is -0.388 e. The van der Waals surface area contributed by atoms with Crippen molar-refractivity contribution in [2.45, 2.75) is 12.8 Å². The maximum absolute atomic E-state index is 11.7. The van der Waals surface area contributed by atoms with Gasteiger partial charge in [-0.2, -0.15) is 0 Å². The summed E-state index contributed by atoms with van der Waals surface area (Å²) in [6.07, 6.45) is 1.13. The zero-order valence-corrected chi connectivity index (χ0v) is 9.69. The molecule has 1 aliphatic heterocycles. The number of amides is 2. The van der Waals surface area contributed by atoms with Crippen LogP contribution < -0.4 is 16.0 Å². The van der Waals surface area contributed by atoms with Crippen LogP contribution in [0.1, 0.15) is 12.0 Å². The van der Waals surface area contributed by atoms with Crippen LogP contribution in [0.15, 0.2) is 18.2 Å². The third-order valence-corrected chi connectivity index (χ3v) is 2.88. The second-order valence-electron chi connectivity index (χ2n) is 4.04. The molecule has 0 unspecified atom stereocenters. The third kappa shape index (κ3) is 2.22. The number of rotatable bonds is 3. The number of primary amides is 1. The molecule has 0 aliphatic carbocycles. The highest BCUT2D eigenvalue weighted by atomic mass is 16.2. The van der Waals surface area contributed by atoms with Gasteiger partial charge in [-0.1, -0.05) is 0 Å².